The first kappa shape index (κ1) is 20.9. The second-order valence-corrected chi connectivity index (χ2v) is 7.56. The van der Waals surface area contributed by atoms with E-state index in [0.717, 1.165) is 32.2 Å². The van der Waals surface area contributed by atoms with Crippen LogP contribution in [-0.2, 0) is 9.59 Å². The first-order valence-corrected chi connectivity index (χ1v) is 8.32. The average Bonchev–Trinajstić information content (AvgIpc) is 2.41. The molecule has 0 aromatic carbocycles. The highest BCUT2D eigenvalue weighted by Crippen LogP contribution is 2.23. The van der Waals surface area contributed by atoms with Crippen molar-refractivity contribution in [2.75, 3.05) is 26.7 Å². The predicted octanol–water partition coefficient (Wildman–Crippen LogP) is 2.07. The molecule has 0 aliphatic carbocycles. The number of unbranched alkanes of at least 4 members (excludes halogenated alkanes) is 2. The van der Waals surface area contributed by atoms with Crippen molar-refractivity contribution in [3.05, 3.63) is 0 Å². The summed E-state index contributed by atoms with van der Waals surface area (Å²) < 4.78 is 0. The summed E-state index contributed by atoms with van der Waals surface area (Å²) in [6, 6.07) is 0. The van der Waals surface area contributed by atoms with Gasteiger partial charge in [-0.2, -0.15) is 0 Å². The van der Waals surface area contributed by atoms with E-state index >= 15 is 0 Å². The Kier molecular flexibility index (Phi) is 9.33. The third-order valence-corrected chi connectivity index (χ3v) is 3.72. The molecule has 22 heavy (non-hydrogen) atoms. The average molecular weight is 313 g/mol. The Bertz CT molecular complexity index is 346. The van der Waals surface area contributed by atoms with Crippen LogP contribution in [0.5, 0.6) is 0 Å². The summed E-state index contributed by atoms with van der Waals surface area (Å²) in [5.74, 6) is 0.209. The van der Waals surface area contributed by atoms with Gasteiger partial charge in [-0.1, -0.05) is 47.5 Å². The van der Waals surface area contributed by atoms with E-state index in [1.165, 1.54) is 0 Å². The summed E-state index contributed by atoms with van der Waals surface area (Å²) in [5, 5.41) is 8.91. The first-order valence-electron chi connectivity index (χ1n) is 8.32. The van der Waals surface area contributed by atoms with Crippen LogP contribution in [-0.4, -0.2) is 38.5 Å². The van der Waals surface area contributed by atoms with Crippen LogP contribution in [0.15, 0.2) is 0 Å². The summed E-state index contributed by atoms with van der Waals surface area (Å²) in [7, 11) is 1.87. The monoisotopic (exact) mass is 313 g/mol. The molecule has 0 aromatic heterocycles. The minimum Gasteiger partial charge on any atom is -0.356 e. The van der Waals surface area contributed by atoms with E-state index in [9.17, 15) is 9.59 Å². The molecule has 0 spiro atoms. The maximum absolute atomic E-state index is 12.1. The smallest absolute Gasteiger partial charge is 0.225 e. The second kappa shape index (κ2) is 9.82. The Morgan fingerprint density at radius 3 is 1.91 bits per heavy atom. The Morgan fingerprint density at radius 2 is 1.36 bits per heavy atom. The van der Waals surface area contributed by atoms with Crippen molar-refractivity contribution >= 4 is 11.8 Å². The highest BCUT2D eigenvalue weighted by Gasteiger charge is 2.26. The van der Waals surface area contributed by atoms with Crippen molar-refractivity contribution in [2.45, 2.75) is 60.3 Å². The molecule has 5 nitrogen and oxygen atoms in total. The lowest BCUT2D eigenvalue weighted by Gasteiger charge is -2.23. The molecule has 0 aromatic rings. The van der Waals surface area contributed by atoms with E-state index in [0.29, 0.717) is 13.1 Å². The molecule has 0 aliphatic heterocycles. The van der Waals surface area contributed by atoms with Crippen LogP contribution >= 0.6 is 0 Å². The van der Waals surface area contributed by atoms with Crippen molar-refractivity contribution in [3.8, 4) is 0 Å². The predicted molar refractivity (Wildman–Crippen MR) is 91.7 cm³/mol. The van der Waals surface area contributed by atoms with Crippen LogP contribution in [0.4, 0.5) is 0 Å². The van der Waals surface area contributed by atoms with Gasteiger partial charge in [0.05, 0.1) is 0 Å². The van der Waals surface area contributed by atoms with Crippen LogP contribution in [0.1, 0.15) is 60.3 Å². The zero-order chi connectivity index (χ0) is 17.2. The van der Waals surface area contributed by atoms with Gasteiger partial charge < -0.3 is 16.0 Å². The Morgan fingerprint density at radius 1 is 0.773 bits per heavy atom. The minimum atomic E-state index is -0.331. The van der Waals surface area contributed by atoms with Crippen molar-refractivity contribution in [1.29, 1.82) is 0 Å². The van der Waals surface area contributed by atoms with E-state index in [4.69, 9.17) is 0 Å². The molecule has 0 unspecified atom stereocenters. The van der Waals surface area contributed by atoms with Gasteiger partial charge in [-0.25, -0.2) is 0 Å². The Balaban J connectivity index is 3.81. The normalized spacial score (nSPS) is 12.1. The van der Waals surface area contributed by atoms with Gasteiger partial charge in [0.15, 0.2) is 0 Å². The van der Waals surface area contributed by atoms with Crippen molar-refractivity contribution in [1.82, 2.24) is 16.0 Å². The number of amides is 2. The van der Waals surface area contributed by atoms with Gasteiger partial charge in [0.2, 0.25) is 11.8 Å². The van der Waals surface area contributed by atoms with Crippen molar-refractivity contribution < 1.29 is 9.59 Å². The second-order valence-electron chi connectivity index (χ2n) is 7.56. The summed E-state index contributed by atoms with van der Waals surface area (Å²) in [5.41, 5.74) is -0.657. The molecule has 0 saturated heterocycles. The summed E-state index contributed by atoms with van der Waals surface area (Å²) >= 11 is 0. The van der Waals surface area contributed by atoms with E-state index in [-0.39, 0.29) is 22.6 Å². The fourth-order valence-electron chi connectivity index (χ4n) is 1.99. The molecule has 0 rings (SSSR count). The molecule has 0 aliphatic rings. The van der Waals surface area contributed by atoms with Gasteiger partial charge >= 0.3 is 0 Å². The van der Waals surface area contributed by atoms with E-state index < -0.39 is 0 Å². The molecular weight excluding hydrogens is 278 g/mol. The van der Waals surface area contributed by atoms with Gasteiger partial charge in [0.1, 0.15) is 0 Å². The number of carbonyl (C=O) groups excluding carboxylic acids is 2. The standard InChI is InChI=1S/C17H35N3O2/c1-16(2,3)14(21)19-11-9-7-8-10-17(4,5)15(22)20-13-12-18-6/h18H,7-13H2,1-6H3,(H,19,21)(H,20,22). The molecule has 0 saturated carbocycles. The number of nitrogens with one attached hydrogen (secondary N) is 3. The van der Waals surface area contributed by atoms with Crippen LogP contribution < -0.4 is 16.0 Å². The topological polar surface area (TPSA) is 70.2 Å². The van der Waals surface area contributed by atoms with Crippen LogP contribution in [0, 0.1) is 10.8 Å². The molecule has 0 heterocycles. The van der Waals surface area contributed by atoms with Gasteiger partial charge in [0, 0.05) is 30.5 Å². The molecule has 2 amide bonds. The number of carbonyl (C=O) groups is 2. The van der Waals surface area contributed by atoms with Crippen LogP contribution in [0.25, 0.3) is 0 Å². The van der Waals surface area contributed by atoms with Gasteiger partial charge in [0.25, 0.3) is 0 Å². The number of hydrogen-bond donors (Lipinski definition) is 3. The zero-order valence-corrected chi connectivity index (χ0v) is 15.3. The maximum atomic E-state index is 12.1. The molecule has 3 N–H and O–H groups in total. The van der Waals surface area contributed by atoms with E-state index in [1.54, 1.807) is 0 Å². The van der Waals surface area contributed by atoms with Crippen molar-refractivity contribution in [3.63, 3.8) is 0 Å². The van der Waals surface area contributed by atoms with Gasteiger partial charge in [-0.3, -0.25) is 9.59 Å². The fraction of sp³-hybridized carbons (Fsp3) is 0.882. The van der Waals surface area contributed by atoms with E-state index in [1.807, 2.05) is 41.7 Å². The van der Waals surface area contributed by atoms with Crippen molar-refractivity contribution in [2.24, 2.45) is 10.8 Å². The SMILES string of the molecule is CNCCNC(=O)C(C)(C)CCCCCNC(=O)C(C)(C)C. The zero-order valence-electron chi connectivity index (χ0n) is 15.3. The summed E-state index contributed by atoms with van der Waals surface area (Å²) in [6.07, 6.45) is 3.85. The number of likely N-dealkylation sites (N-methyl/N-ethyl adjacent to an activating group) is 1. The highest BCUT2D eigenvalue weighted by molar-refractivity contribution is 5.81. The molecule has 5 heteroatoms. The third-order valence-electron chi connectivity index (χ3n) is 3.72. The van der Waals surface area contributed by atoms with Gasteiger partial charge in [-0.15, -0.1) is 0 Å². The number of rotatable bonds is 10. The molecular formula is C17H35N3O2. The fourth-order valence-corrected chi connectivity index (χ4v) is 1.99. The van der Waals surface area contributed by atoms with Crippen LogP contribution in [0.3, 0.4) is 0 Å². The quantitative estimate of drug-likeness (QED) is 0.541. The lowest BCUT2D eigenvalue weighted by molar-refractivity contribution is -0.129. The largest absolute Gasteiger partial charge is 0.356 e. The molecule has 0 atom stereocenters. The lowest BCUT2D eigenvalue weighted by Crippen LogP contribution is -2.39. The van der Waals surface area contributed by atoms with Gasteiger partial charge in [-0.05, 0) is 19.9 Å². The van der Waals surface area contributed by atoms with Crippen LogP contribution in [0.2, 0.25) is 0 Å². The molecule has 130 valence electrons. The Labute approximate surface area is 136 Å². The number of hydrogen-bond acceptors (Lipinski definition) is 3. The highest BCUT2D eigenvalue weighted by atomic mass is 16.2. The first-order chi connectivity index (χ1) is 10.1. The third kappa shape index (κ3) is 9.03. The van der Waals surface area contributed by atoms with E-state index in [2.05, 4.69) is 16.0 Å². The minimum absolute atomic E-state index is 0.0942. The molecule has 0 fully saturated rings. The summed E-state index contributed by atoms with van der Waals surface area (Å²) in [4.78, 5) is 23.8. The molecule has 0 radical (unpaired) electrons. The molecule has 0 bridgehead atoms. The Hall–Kier alpha value is -1.10. The summed E-state index contributed by atoms with van der Waals surface area (Å²) in [6.45, 7) is 11.9. The lowest BCUT2D eigenvalue weighted by atomic mass is 9.86. The maximum Gasteiger partial charge on any atom is 0.225 e.